The third kappa shape index (κ3) is 4.28. The van der Waals surface area contributed by atoms with E-state index in [9.17, 15) is 26.4 Å². The summed E-state index contributed by atoms with van der Waals surface area (Å²) in [6.07, 6.45) is 0. The lowest BCUT2D eigenvalue weighted by Gasteiger charge is -2.34. The van der Waals surface area contributed by atoms with Gasteiger partial charge < -0.3 is 9.64 Å². The van der Waals surface area contributed by atoms with Gasteiger partial charge in [0.2, 0.25) is 10.0 Å². The van der Waals surface area contributed by atoms with Gasteiger partial charge in [0, 0.05) is 26.2 Å². The summed E-state index contributed by atoms with van der Waals surface area (Å²) in [5.74, 6) is -4.86. The van der Waals surface area contributed by atoms with E-state index in [1.807, 2.05) is 36.4 Å². The second-order valence-corrected chi connectivity index (χ2v) is 9.16. The van der Waals surface area contributed by atoms with Gasteiger partial charge in [-0.2, -0.15) is 4.31 Å². The summed E-state index contributed by atoms with van der Waals surface area (Å²) in [4.78, 5) is 13.0. The number of carbonyl (C=O) groups excluding carboxylic acids is 1. The fourth-order valence-corrected chi connectivity index (χ4v) is 5.00. The second kappa shape index (κ2) is 8.79. The molecule has 0 radical (unpaired) electrons. The zero-order valence-corrected chi connectivity index (χ0v) is 17.6. The molecule has 32 heavy (non-hydrogen) atoms. The molecule has 0 spiro atoms. The molecule has 1 heterocycles. The van der Waals surface area contributed by atoms with Gasteiger partial charge in [0.15, 0.2) is 24.1 Å². The minimum atomic E-state index is -4.37. The van der Waals surface area contributed by atoms with E-state index in [-0.39, 0.29) is 38.7 Å². The van der Waals surface area contributed by atoms with Crippen LogP contribution in [0.3, 0.4) is 0 Å². The molecule has 4 rings (SSSR count). The predicted molar refractivity (Wildman–Crippen MR) is 111 cm³/mol. The molecular weight excluding hydrogens is 445 g/mol. The Morgan fingerprint density at radius 3 is 2.28 bits per heavy atom. The van der Waals surface area contributed by atoms with Crippen LogP contribution in [0.4, 0.5) is 13.2 Å². The first-order valence-electron chi connectivity index (χ1n) is 9.80. The summed E-state index contributed by atoms with van der Waals surface area (Å²) >= 11 is 0. The van der Waals surface area contributed by atoms with E-state index < -0.39 is 32.4 Å². The Kier molecular flexibility index (Phi) is 6.07. The summed E-state index contributed by atoms with van der Waals surface area (Å²) in [5.41, 5.74) is 0. The largest absolute Gasteiger partial charge is 0.484 e. The molecule has 0 aromatic heterocycles. The average molecular weight is 464 g/mol. The molecule has 0 saturated carbocycles. The highest BCUT2D eigenvalue weighted by Crippen LogP contribution is 2.24. The molecule has 0 atom stereocenters. The lowest BCUT2D eigenvalue weighted by Crippen LogP contribution is -2.51. The van der Waals surface area contributed by atoms with Crippen LogP contribution in [0.5, 0.6) is 5.75 Å². The van der Waals surface area contributed by atoms with Crippen LogP contribution in [0.15, 0.2) is 59.5 Å². The van der Waals surface area contributed by atoms with E-state index in [0.717, 1.165) is 15.1 Å². The topological polar surface area (TPSA) is 66.9 Å². The van der Waals surface area contributed by atoms with Crippen molar-refractivity contribution in [3.05, 3.63) is 72.0 Å². The van der Waals surface area contributed by atoms with Crippen molar-refractivity contribution < 1.29 is 31.1 Å². The number of hydrogen-bond donors (Lipinski definition) is 0. The van der Waals surface area contributed by atoms with Crippen LogP contribution in [0, 0.1) is 17.5 Å². The van der Waals surface area contributed by atoms with E-state index >= 15 is 0 Å². The van der Waals surface area contributed by atoms with Crippen molar-refractivity contribution in [1.29, 1.82) is 0 Å². The minimum absolute atomic E-state index is 0.0600. The molecule has 0 bridgehead atoms. The van der Waals surface area contributed by atoms with E-state index in [4.69, 9.17) is 4.74 Å². The number of nitrogens with zero attached hydrogens (tertiary/aromatic N) is 2. The van der Waals surface area contributed by atoms with Gasteiger partial charge in [-0.25, -0.2) is 21.6 Å². The standard InChI is InChI=1S/C22H19F3N2O4S/c23-18-7-8-19(22(25)21(18)24)32(29,30)27-11-9-26(10-12-27)20(28)14-31-17-6-5-15-3-1-2-4-16(15)13-17/h1-8,13H,9-12,14H2. The fourth-order valence-electron chi connectivity index (χ4n) is 3.52. The van der Waals surface area contributed by atoms with Crippen molar-refractivity contribution >= 4 is 26.7 Å². The molecule has 168 valence electrons. The summed E-state index contributed by atoms with van der Waals surface area (Å²) in [5, 5.41) is 2.02. The number of rotatable bonds is 5. The maximum absolute atomic E-state index is 14.0. The number of ether oxygens (including phenoxy) is 1. The highest BCUT2D eigenvalue weighted by molar-refractivity contribution is 7.89. The number of sulfonamides is 1. The average Bonchev–Trinajstić information content (AvgIpc) is 2.80. The van der Waals surface area contributed by atoms with Crippen LogP contribution in [0.2, 0.25) is 0 Å². The Balaban J connectivity index is 1.36. The second-order valence-electron chi connectivity index (χ2n) is 7.26. The molecule has 3 aromatic rings. The van der Waals surface area contributed by atoms with Crippen LogP contribution in [0.25, 0.3) is 10.8 Å². The van der Waals surface area contributed by atoms with Crippen molar-refractivity contribution in [2.24, 2.45) is 0 Å². The normalized spacial score (nSPS) is 15.2. The van der Waals surface area contributed by atoms with Crippen molar-refractivity contribution in [2.75, 3.05) is 32.8 Å². The first kappa shape index (κ1) is 22.1. The minimum Gasteiger partial charge on any atom is -0.484 e. The summed E-state index contributed by atoms with van der Waals surface area (Å²) in [6.45, 7) is -0.317. The van der Waals surface area contributed by atoms with Gasteiger partial charge in [0.05, 0.1) is 0 Å². The molecule has 0 N–H and O–H groups in total. The lowest BCUT2D eigenvalue weighted by molar-refractivity contribution is -0.134. The number of amides is 1. The number of benzene rings is 3. The first-order valence-corrected chi connectivity index (χ1v) is 11.2. The monoisotopic (exact) mass is 464 g/mol. The Morgan fingerprint density at radius 1 is 0.875 bits per heavy atom. The molecule has 0 aliphatic carbocycles. The Bertz CT molecular complexity index is 1280. The van der Waals surface area contributed by atoms with Crippen molar-refractivity contribution in [2.45, 2.75) is 4.90 Å². The molecule has 6 nitrogen and oxygen atoms in total. The van der Waals surface area contributed by atoms with E-state index in [0.29, 0.717) is 17.9 Å². The summed E-state index contributed by atoms with van der Waals surface area (Å²) in [7, 11) is -4.37. The fraction of sp³-hybridized carbons (Fsp3) is 0.227. The maximum atomic E-state index is 14.0. The molecule has 1 fully saturated rings. The van der Waals surface area contributed by atoms with Crippen LogP contribution < -0.4 is 4.74 Å². The smallest absolute Gasteiger partial charge is 0.260 e. The Morgan fingerprint density at radius 2 is 1.56 bits per heavy atom. The highest BCUT2D eigenvalue weighted by Gasteiger charge is 2.33. The van der Waals surface area contributed by atoms with Gasteiger partial charge in [-0.05, 0) is 35.0 Å². The molecule has 1 aliphatic heterocycles. The number of fused-ring (bicyclic) bond motifs is 1. The molecular formula is C22H19F3N2O4S. The van der Waals surface area contributed by atoms with Gasteiger partial charge in [-0.15, -0.1) is 0 Å². The van der Waals surface area contributed by atoms with Crippen molar-refractivity contribution in [3.8, 4) is 5.75 Å². The zero-order valence-electron chi connectivity index (χ0n) is 16.8. The third-order valence-corrected chi connectivity index (χ3v) is 7.21. The lowest BCUT2D eigenvalue weighted by atomic mass is 10.1. The quantitative estimate of drug-likeness (QED) is 0.544. The van der Waals surface area contributed by atoms with E-state index in [1.165, 1.54) is 4.90 Å². The maximum Gasteiger partial charge on any atom is 0.260 e. The molecule has 1 amide bonds. The Labute approximate surface area is 182 Å². The van der Waals surface area contributed by atoms with Gasteiger partial charge in [0.1, 0.15) is 10.6 Å². The summed E-state index contributed by atoms with van der Waals surface area (Å²) < 4.78 is 72.4. The molecule has 10 heteroatoms. The van der Waals surface area contributed by atoms with Gasteiger partial charge in [-0.1, -0.05) is 30.3 Å². The van der Waals surface area contributed by atoms with Crippen molar-refractivity contribution in [1.82, 2.24) is 9.21 Å². The SMILES string of the molecule is O=C(COc1ccc2ccccc2c1)N1CCN(S(=O)(=O)c2ccc(F)c(F)c2F)CC1. The Hall–Kier alpha value is -3.11. The number of halogens is 3. The molecule has 1 aliphatic rings. The highest BCUT2D eigenvalue weighted by atomic mass is 32.2. The third-order valence-electron chi connectivity index (χ3n) is 5.29. The molecule has 0 unspecified atom stereocenters. The van der Waals surface area contributed by atoms with Crippen LogP contribution in [-0.2, 0) is 14.8 Å². The van der Waals surface area contributed by atoms with Gasteiger partial charge in [-0.3, -0.25) is 4.79 Å². The van der Waals surface area contributed by atoms with Gasteiger partial charge >= 0.3 is 0 Å². The van der Waals surface area contributed by atoms with Crippen molar-refractivity contribution in [3.63, 3.8) is 0 Å². The molecule has 1 saturated heterocycles. The van der Waals surface area contributed by atoms with Crippen LogP contribution in [0.1, 0.15) is 0 Å². The van der Waals surface area contributed by atoms with Crippen LogP contribution in [-0.4, -0.2) is 56.3 Å². The van der Waals surface area contributed by atoms with E-state index in [1.54, 1.807) is 6.07 Å². The predicted octanol–water partition coefficient (Wildman–Crippen LogP) is 3.17. The number of piperazine rings is 1. The van der Waals surface area contributed by atoms with E-state index in [2.05, 4.69) is 0 Å². The molecule has 3 aromatic carbocycles. The number of carbonyl (C=O) groups is 1. The summed E-state index contributed by atoms with van der Waals surface area (Å²) in [6, 6.07) is 14.4. The zero-order chi connectivity index (χ0) is 22.9. The number of hydrogen-bond acceptors (Lipinski definition) is 4. The van der Waals surface area contributed by atoms with Crippen LogP contribution >= 0.6 is 0 Å². The van der Waals surface area contributed by atoms with Gasteiger partial charge in [0.25, 0.3) is 5.91 Å². The first-order chi connectivity index (χ1) is 15.3.